The van der Waals surface area contributed by atoms with E-state index >= 15 is 0 Å². The third-order valence-corrected chi connectivity index (χ3v) is 1.33. The summed E-state index contributed by atoms with van der Waals surface area (Å²) in [6.45, 7) is 8.61. The Morgan fingerprint density at radius 2 is 2.18 bits per heavy atom. The molecule has 1 fully saturated rings. The van der Waals surface area contributed by atoms with Gasteiger partial charge in [-0.15, -0.1) is 0 Å². The first-order valence-electron chi connectivity index (χ1n) is 4.18. The van der Waals surface area contributed by atoms with Crippen LogP contribution in [0.15, 0.2) is 12.8 Å². The SMILES string of the molecule is C=CN1CCCC1=O.CCC. The second-order valence-corrected chi connectivity index (χ2v) is 2.58. The smallest absolute Gasteiger partial charge is 0.226 e. The molecule has 0 atom stereocenters. The Morgan fingerprint density at radius 1 is 1.64 bits per heavy atom. The van der Waals surface area contributed by atoms with E-state index in [4.69, 9.17) is 0 Å². The molecule has 0 unspecified atom stereocenters. The minimum Gasteiger partial charge on any atom is -0.320 e. The Bertz CT molecular complexity index is 132. The minimum atomic E-state index is 0.208. The second kappa shape index (κ2) is 5.96. The summed E-state index contributed by atoms with van der Waals surface area (Å²) in [6, 6.07) is 0. The molecule has 64 valence electrons. The second-order valence-electron chi connectivity index (χ2n) is 2.58. The topological polar surface area (TPSA) is 20.3 Å². The van der Waals surface area contributed by atoms with Crippen molar-refractivity contribution in [3.63, 3.8) is 0 Å². The summed E-state index contributed by atoms with van der Waals surface area (Å²) in [7, 11) is 0. The fraction of sp³-hybridized carbons (Fsp3) is 0.667. The summed E-state index contributed by atoms with van der Waals surface area (Å²) in [5.74, 6) is 0.208. The predicted molar refractivity (Wildman–Crippen MR) is 47.1 cm³/mol. The lowest BCUT2D eigenvalue weighted by molar-refractivity contribution is -0.125. The monoisotopic (exact) mass is 155 g/mol. The van der Waals surface area contributed by atoms with Crippen molar-refractivity contribution in [3.05, 3.63) is 12.8 Å². The Labute approximate surface area is 68.9 Å². The van der Waals surface area contributed by atoms with Crippen molar-refractivity contribution < 1.29 is 4.79 Å². The molecule has 0 saturated carbocycles. The van der Waals surface area contributed by atoms with Crippen LogP contribution in [0, 0.1) is 0 Å². The Morgan fingerprint density at radius 3 is 2.36 bits per heavy atom. The molecule has 1 heterocycles. The van der Waals surface area contributed by atoms with Crippen LogP contribution in [-0.4, -0.2) is 17.4 Å². The molecule has 2 nitrogen and oxygen atoms in total. The number of amides is 1. The molecular weight excluding hydrogens is 138 g/mol. The maximum Gasteiger partial charge on any atom is 0.226 e. The number of likely N-dealkylation sites (tertiary alicyclic amines) is 1. The van der Waals surface area contributed by atoms with E-state index in [1.807, 2.05) is 0 Å². The van der Waals surface area contributed by atoms with E-state index in [1.165, 1.54) is 6.42 Å². The quantitative estimate of drug-likeness (QED) is 0.568. The van der Waals surface area contributed by atoms with Crippen LogP contribution in [0.1, 0.15) is 33.1 Å². The van der Waals surface area contributed by atoms with Gasteiger partial charge in [-0.25, -0.2) is 0 Å². The Kier molecular flexibility index (Phi) is 5.53. The zero-order valence-electron chi connectivity index (χ0n) is 7.47. The molecule has 0 spiro atoms. The van der Waals surface area contributed by atoms with Crippen LogP contribution >= 0.6 is 0 Å². The highest BCUT2D eigenvalue weighted by Crippen LogP contribution is 2.08. The highest BCUT2D eigenvalue weighted by molar-refractivity contribution is 5.78. The van der Waals surface area contributed by atoms with Crippen molar-refractivity contribution in [1.82, 2.24) is 4.90 Å². The normalized spacial score (nSPS) is 15.8. The zero-order chi connectivity index (χ0) is 8.69. The molecule has 0 aliphatic carbocycles. The average Bonchev–Trinajstić information content (AvgIpc) is 2.36. The van der Waals surface area contributed by atoms with E-state index in [-0.39, 0.29) is 5.91 Å². The molecule has 11 heavy (non-hydrogen) atoms. The number of hydrogen-bond donors (Lipinski definition) is 0. The van der Waals surface area contributed by atoms with E-state index in [1.54, 1.807) is 11.1 Å². The van der Waals surface area contributed by atoms with Gasteiger partial charge in [0.1, 0.15) is 0 Å². The summed E-state index contributed by atoms with van der Waals surface area (Å²) < 4.78 is 0. The summed E-state index contributed by atoms with van der Waals surface area (Å²) in [5.41, 5.74) is 0. The molecule has 0 bridgehead atoms. The summed E-state index contributed by atoms with van der Waals surface area (Å²) in [4.78, 5) is 12.3. The van der Waals surface area contributed by atoms with Gasteiger partial charge in [0.15, 0.2) is 0 Å². The molecule has 0 aromatic carbocycles. The first-order chi connectivity index (χ1) is 5.26. The third-order valence-electron chi connectivity index (χ3n) is 1.33. The Hall–Kier alpha value is -0.790. The number of rotatable bonds is 1. The molecule has 1 aliphatic rings. The lowest BCUT2D eigenvalue weighted by Crippen LogP contribution is -2.16. The van der Waals surface area contributed by atoms with Crippen molar-refractivity contribution in [1.29, 1.82) is 0 Å². The largest absolute Gasteiger partial charge is 0.320 e. The Balaban J connectivity index is 0.000000292. The first kappa shape index (κ1) is 10.2. The van der Waals surface area contributed by atoms with E-state index in [0.717, 1.165) is 13.0 Å². The molecule has 0 aromatic rings. The van der Waals surface area contributed by atoms with Crippen LogP contribution < -0.4 is 0 Å². The van der Waals surface area contributed by atoms with Crippen LogP contribution in [-0.2, 0) is 4.79 Å². The molecule has 0 N–H and O–H groups in total. The van der Waals surface area contributed by atoms with Gasteiger partial charge in [-0.2, -0.15) is 0 Å². The average molecular weight is 155 g/mol. The van der Waals surface area contributed by atoms with Gasteiger partial charge in [0.25, 0.3) is 0 Å². The van der Waals surface area contributed by atoms with Gasteiger partial charge in [-0.3, -0.25) is 4.79 Å². The predicted octanol–water partition coefficient (Wildman–Crippen LogP) is 2.17. The van der Waals surface area contributed by atoms with Gasteiger partial charge >= 0.3 is 0 Å². The molecule has 0 aromatic heterocycles. The van der Waals surface area contributed by atoms with E-state index in [2.05, 4.69) is 20.4 Å². The van der Waals surface area contributed by atoms with Crippen molar-refractivity contribution >= 4 is 5.91 Å². The number of carbonyl (C=O) groups is 1. The molecule has 1 saturated heterocycles. The third kappa shape index (κ3) is 3.81. The number of nitrogens with zero attached hydrogens (tertiary/aromatic N) is 1. The standard InChI is InChI=1S/C6H9NO.C3H8/c1-2-7-5-3-4-6(7)8;1-3-2/h2H,1,3-5H2;3H2,1-2H3. The molecular formula is C9H17NO. The summed E-state index contributed by atoms with van der Waals surface area (Å²) in [5, 5.41) is 0. The van der Waals surface area contributed by atoms with E-state index in [9.17, 15) is 4.79 Å². The first-order valence-corrected chi connectivity index (χ1v) is 4.18. The highest BCUT2D eigenvalue weighted by Gasteiger charge is 2.15. The molecule has 0 radical (unpaired) electrons. The van der Waals surface area contributed by atoms with Gasteiger partial charge in [0.2, 0.25) is 5.91 Å². The number of hydrogen-bond acceptors (Lipinski definition) is 1. The van der Waals surface area contributed by atoms with Crippen LogP contribution in [0.3, 0.4) is 0 Å². The van der Waals surface area contributed by atoms with Gasteiger partial charge in [0, 0.05) is 13.0 Å². The zero-order valence-corrected chi connectivity index (χ0v) is 7.47. The van der Waals surface area contributed by atoms with Crippen LogP contribution in [0.5, 0.6) is 0 Å². The van der Waals surface area contributed by atoms with Crippen LogP contribution in [0.4, 0.5) is 0 Å². The summed E-state index contributed by atoms with van der Waals surface area (Å²) >= 11 is 0. The number of carbonyl (C=O) groups excluding carboxylic acids is 1. The maximum absolute atomic E-state index is 10.7. The van der Waals surface area contributed by atoms with E-state index < -0.39 is 0 Å². The fourth-order valence-corrected chi connectivity index (χ4v) is 0.862. The van der Waals surface area contributed by atoms with Crippen molar-refractivity contribution in [2.45, 2.75) is 33.1 Å². The molecule has 2 heteroatoms. The maximum atomic E-state index is 10.7. The van der Waals surface area contributed by atoms with Gasteiger partial charge in [-0.1, -0.05) is 26.8 Å². The highest BCUT2D eigenvalue weighted by atomic mass is 16.2. The fourth-order valence-electron chi connectivity index (χ4n) is 0.862. The van der Waals surface area contributed by atoms with Crippen molar-refractivity contribution in [2.75, 3.05) is 6.54 Å². The van der Waals surface area contributed by atoms with Crippen molar-refractivity contribution in [3.8, 4) is 0 Å². The molecule has 1 rings (SSSR count). The summed E-state index contributed by atoms with van der Waals surface area (Å²) in [6.07, 6.45) is 4.53. The molecule has 1 amide bonds. The lowest BCUT2D eigenvalue weighted by atomic mass is 10.4. The van der Waals surface area contributed by atoms with Crippen molar-refractivity contribution in [2.24, 2.45) is 0 Å². The van der Waals surface area contributed by atoms with Gasteiger partial charge in [-0.05, 0) is 12.6 Å². The minimum absolute atomic E-state index is 0.208. The van der Waals surface area contributed by atoms with Crippen LogP contribution in [0.2, 0.25) is 0 Å². The van der Waals surface area contributed by atoms with E-state index in [0.29, 0.717) is 6.42 Å². The lowest BCUT2D eigenvalue weighted by Gasteiger charge is -2.05. The van der Waals surface area contributed by atoms with Gasteiger partial charge in [0.05, 0.1) is 0 Å². The van der Waals surface area contributed by atoms with Crippen LogP contribution in [0.25, 0.3) is 0 Å². The van der Waals surface area contributed by atoms with Gasteiger partial charge < -0.3 is 4.90 Å². The molecule has 1 aliphatic heterocycles.